The second-order valence-corrected chi connectivity index (χ2v) is 2.67. The van der Waals surface area contributed by atoms with Crippen LogP contribution < -0.4 is 5.56 Å². The van der Waals surface area contributed by atoms with Crippen LogP contribution in [0.15, 0.2) is 17.1 Å². The van der Waals surface area contributed by atoms with Crippen LogP contribution in [-0.4, -0.2) is 20.7 Å². The zero-order chi connectivity index (χ0) is 10.0. The molecule has 5 nitrogen and oxygen atoms in total. The summed E-state index contributed by atoms with van der Waals surface area (Å²) in [7, 11) is 0. The lowest BCUT2D eigenvalue weighted by Gasteiger charge is -2.03. The molecule has 1 aromatic rings. The first-order chi connectivity index (χ1) is 6.02. The van der Waals surface area contributed by atoms with Crippen molar-refractivity contribution in [3.05, 3.63) is 28.2 Å². The van der Waals surface area contributed by atoms with Crippen LogP contribution in [0.5, 0.6) is 5.75 Å². The van der Waals surface area contributed by atoms with Gasteiger partial charge in [0, 0.05) is 6.20 Å². The molecule has 0 fully saturated rings. The number of nitrogens with zero attached hydrogens (tertiary/aromatic N) is 1. The number of hydrogen-bond donors (Lipinski definition) is 2. The summed E-state index contributed by atoms with van der Waals surface area (Å²) in [5.41, 5.74) is -0.242. The van der Waals surface area contributed by atoms with Crippen molar-refractivity contribution in [2.45, 2.75) is 13.5 Å². The first-order valence-corrected chi connectivity index (χ1v) is 3.63. The molecule has 0 aliphatic carbocycles. The minimum atomic E-state index is -1.12. The van der Waals surface area contributed by atoms with Gasteiger partial charge >= 0.3 is 5.97 Å². The maximum absolute atomic E-state index is 11.2. The molecule has 0 aliphatic rings. The number of carboxylic acids is 1. The Hall–Kier alpha value is -1.78. The molecule has 0 atom stereocenters. The Morgan fingerprint density at radius 2 is 2.23 bits per heavy atom. The molecule has 5 heteroatoms. The average Bonchev–Trinajstić information content (AvgIpc) is 2.06. The van der Waals surface area contributed by atoms with E-state index in [1.165, 1.54) is 12.3 Å². The highest BCUT2D eigenvalue weighted by molar-refractivity contribution is 5.66. The molecule has 0 radical (unpaired) electrons. The number of carboxylic acid groups (broad SMARTS) is 1. The van der Waals surface area contributed by atoms with Crippen LogP contribution in [-0.2, 0) is 11.3 Å². The predicted molar refractivity (Wildman–Crippen MR) is 44.7 cm³/mol. The fourth-order valence-electron chi connectivity index (χ4n) is 0.923. The van der Waals surface area contributed by atoms with Gasteiger partial charge in [0.05, 0.1) is 0 Å². The fourth-order valence-corrected chi connectivity index (χ4v) is 0.923. The Morgan fingerprint density at radius 1 is 1.62 bits per heavy atom. The standard InChI is InChI=1S/C8H9NO4/c1-5-2-3-9(4-6(10)11)8(13)7(5)12/h2-3,12H,4H2,1H3,(H,10,11). The van der Waals surface area contributed by atoms with Gasteiger partial charge in [-0.3, -0.25) is 9.59 Å². The van der Waals surface area contributed by atoms with Crippen molar-refractivity contribution in [1.82, 2.24) is 4.57 Å². The summed E-state index contributed by atoms with van der Waals surface area (Å²) in [5.74, 6) is -1.52. The van der Waals surface area contributed by atoms with Gasteiger partial charge in [0.15, 0.2) is 5.75 Å². The number of aromatic hydroxyl groups is 1. The Balaban J connectivity index is 3.19. The third kappa shape index (κ3) is 1.87. The first-order valence-electron chi connectivity index (χ1n) is 3.63. The summed E-state index contributed by atoms with van der Waals surface area (Å²) in [6.07, 6.45) is 1.34. The van der Waals surface area contributed by atoms with E-state index in [9.17, 15) is 14.7 Å². The maximum atomic E-state index is 11.2. The lowest BCUT2D eigenvalue weighted by molar-refractivity contribution is -0.137. The summed E-state index contributed by atoms with van der Waals surface area (Å²) >= 11 is 0. The van der Waals surface area contributed by atoms with Crippen molar-refractivity contribution in [3.63, 3.8) is 0 Å². The van der Waals surface area contributed by atoms with Crippen LogP contribution in [0.3, 0.4) is 0 Å². The van der Waals surface area contributed by atoms with Gasteiger partial charge in [-0.25, -0.2) is 0 Å². The third-order valence-corrected chi connectivity index (χ3v) is 1.65. The number of rotatable bonds is 2. The van der Waals surface area contributed by atoms with Gasteiger partial charge in [0.2, 0.25) is 0 Å². The Morgan fingerprint density at radius 3 is 2.77 bits per heavy atom. The molecular weight excluding hydrogens is 174 g/mol. The van der Waals surface area contributed by atoms with E-state index >= 15 is 0 Å². The van der Waals surface area contributed by atoms with Gasteiger partial charge in [0.1, 0.15) is 6.54 Å². The minimum Gasteiger partial charge on any atom is -0.503 e. The molecule has 0 aromatic carbocycles. The molecular formula is C8H9NO4. The lowest BCUT2D eigenvalue weighted by Crippen LogP contribution is -2.23. The predicted octanol–water partition coefficient (Wildman–Crippen LogP) is -0.0531. The zero-order valence-electron chi connectivity index (χ0n) is 7.02. The topological polar surface area (TPSA) is 79.5 Å². The van der Waals surface area contributed by atoms with Gasteiger partial charge in [-0.15, -0.1) is 0 Å². The molecule has 0 saturated carbocycles. The summed E-state index contributed by atoms with van der Waals surface area (Å²) in [6, 6.07) is 1.49. The molecule has 0 amide bonds. The van der Waals surface area contributed by atoms with Gasteiger partial charge in [-0.2, -0.15) is 0 Å². The van der Waals surface area contributed by atoms with Crippen molar-refractivity contribution < 1.29 is 15.0 Å². The first kappa shape index (κ1) is 9.31. The average molecular weight is 183 g/mol. The van der Waals surface area contributed by atoms with Crippen LogP contribution >= 0.6 is 0 Å². The maximum Gasteiger partial charge on any atom is 0.323 e. The van der Waals surface area contributed by atoms with Crippen LogP contribution in [0.2, 0.25) is 0 Å². The van der Waals surface area contributed by atoms with E-state index in [-0.39, 0.29) is 0 Å². The number of carbonyl (C=O) groups is 1. The highest BCUT2D eigenvalue weighted by Gasteiger charge is 2.07. The summed E-state index contributed by atoms with van der Waals surface area (Å²) in [5, 5.41) is 17.6. The molecule has 1 rings (SSSR count). The molecule has 70 valence electrons. The molecule has 0 aliphatic heterocycles. The number of pyridine rings is 1. The van der Waals surface area contributed by atoms with Crippen LogP contribution in [0.4, 0.5) is 0 Å². The zero-order valence-corrected chi connectivity index (χ0v) is 7.02. The largest absolute Gasteiger partial charge is 0.503 e. The Bertz CT molecular complexity index is 394. The normalized spacial score (nSPS) is 9.92. The summed E-state index contributed by atoms with van der Waals surface area (Å²) in [4.78, 5) is 21.5. The monoisotopic (exact) mass is 183 g/mol. The van der Waals surface area contributed by atoms with E-state index in [0.717, 1.165) is 4.57 Å². The van der Waals surface area contributed by atoms with Crippen LogP contribution in [0.1, 0.15) is 5.56 Å². The van der Waals surface area contributed by atoms with E-state index in [0.29, 0.717) is 5.56 Å². The lowest BCUT2D eigenvalue weighted by atomic mass is 10.3. The molecule has 2 N–H and O–H groups in total. The molecule has 1 heterocycles. The minimum absolute atomic E-state index is 0.399. The third-order valence-electron chi connectivity index (χ3n) is 1.65. The number of aryl methyl sites for hydroxylation is 1. The SMILES string of the molecule is Cc1ccn(CC(=O)O)c(=O)c1O. The molecule has 0 spiro atoms. The van der Waals surface area contributed by atoms with E-state index in [1.807, 2.05) is 0 Å². The van der Waals surface area contributed by atoms with E-state index < -0.39 is 23.8 Å². The summed E-state index contributed by atoms with van der Waals surface area (Å²) < 4.78 is 0.935. The fraction of sp³-hybridized carbons (Fsp3) is 0.250. The smallest absolute Gasteiger partial charge is 0.323 e. The van der Waals surface area contributed by atoms with Crippen LogP contribution in [0.25, 0.3) is 0 Å². The summed E-state index contributed by atoms with van der Waals surface area (Å²) in [6.45, 7) is 1.13. The number of aliphatic carboxylic acids is 1. The van der Waals surface area contributed by atoms with E-state index in [1.54, 1.807) is 6.92 Å². The van der Waals surface area contributed by atoms with Crippen molar-refractivity contribution >= 4 is 5.97 Å². The molecule has 0 unspecified atom stereocenters. The molecule has 0 saturated heterocycles. The van der Waals surface area contributed by atoms with Gasteiger partial charge < -0.3 is 14.8 Å². The quantitative estimate of drug-likeness (QED) is 0.673. The van der Waals surface area contributed by atoms with Gasteiger partial charge in [-0.05, 0) is 18.6 Å². The Kier molecular flexibility index (Phi) is 2.36. The second kappa shape index (κ2) is 3.30. The highest BCUT2D eigenvalue weighted by Crippen LogP contribution is 2.07. The van der Waals surface area contributed by atoms with Gasteiger partial charge in [0.25, 0.3) is 5.56 Å². The van der Waals surface area contributed by atoms with Crippen LogP contribution in [0, 0.1) is 6.92 Å². The second-order valence-electron chi connectivity index (χ2n) is 2.67. The molecule has 1 aromatic heterocycles. The van der Waals surface area contributed by atoms with Crippen molar-refractivity contribution in [3.8, 4) is 5.75 Å². The highest BCUT2D eigenvalue weighted by atomic mass is 16.4. The van der Waals surface area contributed by atoms with Crippen molar-refractivity contribution in [1.29, 1.82) is 0 Å². The van der Waals surface area contributed by atoms with Crippen molar-refractivity contribution in [2.75, 3.05) is 0 Å². The number of hydrogen-bond acceptors (Lipinski definition) is 3. The van der Waals surface area contributed by atoms with E-state index in [4.69, 9.17) is 5.11 Å². The Labute approximate surface area is 73.9 Å². The van der Waals surface area contributed by atoms with Gasteiger partial charge in [-0.1, -0.05) is 0 Å². The molecule has 0 bridgehead atoms. The van der Waals surface area contributed by atoms with E-state index in [2.05, 4.69) is 0 Å². The van der Waals surface area contributed by atoms with Crippen molar-refractivity contribution in [2.24, 2.45) is 0 Å². The molecule has 13 heavy (non-hydrogen) atoms. The number of aromatic nitrogens is 1.